The van der Waals surface area contributed by atoms with E-state index in [2.05, 4.69) is 0 Å². The third-order valence-corrected chi connectivity index (χ3v) is 0. The van der Waals surface area contributed by atoms with Crippen LogP contribution in [0.2, 0.25) is 0 Å². The Morgan fingerprint density at radius 2 is 0.556 bits per heavy atom. The van der Waals surface area contributed by atoms with Crippen molar-refractivity contribution in [2.24, 2.45) is 0 Å². The van der Waals surface area contributed by atoms with Gasteiger partial charge in [-0.25, -0.2) is 0 Å². The first kappa shape index (κ1) is 155. The third-order valence-electron chi connectivity index (χ3n) is 0. The molecule has 0 unspecified atom stereocenters. The molecule has 0 amide bonds. The zero-order valence-corrected chi connectivity index (χ0v) is 13.2. The van der Waals surface area contributed by atoms with E-state index in [1.54, 1.807) is 0 Å². The fraction of sp³-hybridized carbons (Fsp3) is 0. The van der Waals surface area contributed by atoms with Gasteiger partial charge in [0.25, 0.3) is 0 Å². The Bertz CT molecular complexity index is 20.5. The maximum atomic E-state index is 0. The van der Waals surface area contributed by atoms with Crippen LogP contribution in [-0.4, -0.2) is 11.0 Å². The molecule has 56 valence electrons. The Hall–Kier alpha value is 3.11. The van der Waals surface area contributed by atoms with E-state index >= 15 is 0 Å². The van der Waals surface area contributed by atoms with Gasteiger partial charge in [0.05, 0.1) is 0 Å². The number of halogens is 2. The van der Waals surface area contributed by atoms with Crippen molar-refractivity contribution in [1.29, 1.82) is 0 Å². The molecule has 0 aromatic rings. The maximum Gasteiger partial charge on any atom is 2.00 e. The fourth-order valence-corrected chi connectivity index (χ4v) is 0. The van der Waals surface area contributed by atoms with Gasteiger partial charge < -0.3 is 48.1 Å². The van der Waals surface area contributed by atoms with Gasteiger partial charge in [0.1, 0.15) is 0 Å². The van der Waals surface area contributed by atoms with Crippen molar-refractivity contribution >= 4 is 0 Å². The van der Waals surface area contributed by atoms with Crippen LogP contribution in [0.5, 0.6) is 0 Å². The molecule has 0 saturated heterocycles. The van der Waals surface area contributed by atoms with Crippen LogP contribution in [0.3, 0.4) is 0 Å². The summed E-state index contributed by atoms with van der Waals surface area (Å²) in [6.07, 6.45) is 0. The predicted molar refractivity (Wildman–Crippen MR) is 13.9 cm³/mol. The monoisotopic (exact) mass is 379 g/mol. The first-order valence-corrected chi connectivity index (χ1v) is 0. The van der Waals surface area contributed by atoms with Gasteiger partial charge in [-0.1, -0.05) is 0 Å². The molecular formula is H8Cl2N2Na2O2Pt. The van der Waals surface area contributed by atoms with Crippen molar-refractivity contribution in [1.82, 2.24) is 12.3 Å². The second kappa shape index (κ2) is 117. The molecule has 0 radical (unpaired) electrons. The molecule has 0 aliphatic rings. The molecule has 0 fully saturated rings. The van der Waals surface area contributed by atoms with Gasteiger partial charge in [0.2, 0.25) is 0 Å². The minimum absolute atomic E-state index is 0. The van der Waals surface area contributed by atoms with Gasteiger partial charge in [0, 0.05) is 0 Å². The molecule has 0 aromatic heterocycles. The molecule has 0 aromatic carbocycles. The van der Waals surface area contributed by atoms with Gasteiger partial charge in [0.15, 0.2) is 0 Å². The van der Waals surface area contributed by atoms with E-state index in [1.165, 1.54) is 0 Å². The minimum Gasteiger partial charge on any atom is -1.00 e. The van der Waals surface area contributed by atoms with Crippen LogP contribution >= 0.6 is 0 Å². The summed E-state index contributed by atoms with van der Waals surface area (Å²) in [7, 11) is 0. The summed E-state index contributed by atoms with van der Waals surface area (Å²) in [4.78, 5) is 0. The Labute approximate surface area is 126 Å². The van der Waals surface area contributed by atoms with E-state index < -0.39 is 0 Å². The van der Waals surface area contributed by atoms with E-state index in [-0.39, 0.29) is 128 Å². The van der Waals surface area contributed by atoms with Crippen LogP contribution in [0.25, 0.3) is 0 Å². The second-order valence-corrected chi connectivity index (χ2v) is 0. The SMILES string of the molecule is N.N.[Cl-].[Cl-].[Na+].[Na+].[OH-].[OH-].[Pt+2]. The minimum atomic E-state index is 0. The second-order valence-electron chi connectivity index (χ2n) is 0. The Morgan fingerprint density at radius 1 is 0.556 bits per heavy atom. The summed E-state index contributed by atoms with van der Waals surface area (Å²) in [5.41, 5.74) is 0. The molecule has 0 heterocycles. The van der Waals surface area contributed by atoms with Crippen molar-refractivity contribution in [3.63, 3.8) is 0 Å². The molecule has 9 heavy (non-hydrogen) atoms. The van der Waals surface area contributed by atoms with Gasteiger partial charge in [-0.2, -0.15) is 0 Å². The summed E-state index contributed by atoms with van der Waals surface area (Å²) < 4.78 is 0. The van der Waals surface area contributed by atoms with Crippen LogP contribution in [-0.2, 0) is 21.1 Å². The van der Waals surface area contributed by atoms with Crippen molar-refractivity contribution in [3.05, 3.63) is 0 Å². The number of hydrogen-bond acceptors (Lipinski definition) is 4. The van der Waals surface area contributed by atoms with Crippen LogP contribution in [0.15, 0.2) is 0 Å². The van der Waals surface area contributed by atoms with E-state index in [0.29, 0.717) is 0 Å². The number of hydrogen-bond donors (Lipinski definition) is 2. The van der Waals surface area contributed by atoms with Gasteiger partial charge in [-0.3, -0.25) is 0 Å². The molecule has 0 saturated carbocycles. The van der Waals surface area contributed by atoms with E-state index in [4.69, 9.17) is 0 Å². The van der Waals surface area contributed by atoms with Gasteiger partial charge in [-0.15, -0.1) is 0 Å². The van der Waals surface area contributed by atoms with Crippen molar-refractivity contribution < 1.29 is 116 Å². The molecule has 0 bridgehead atoms. The average Bonchev–Trinajstić information content (AvgIpc) is 0. The summed E-state index contributed by atoms with van der Waals surface area (Å²) in [6.45, 7) is 0. The third kappa shape index (κ3) is 95.4. The molecule has 0 rings (SSSR count). The molecule has 4 nitrogen and oxygen atoms in total. The summed E-state index contributed by atoms with van der Waals surface area (Å²) in [6, 6.07) is 0. The molecule has 8 N–H and O–H groups in total. The van der Waals surface area contributed by atoms with Crippen molar-refractivity contribution in [2.75, 3.05) is 0 Å². The number of rotatable bonds is 0. The van der Waals surface area contributed by atoms with E-state index in [0.717, 1.165) is 0 Å². The molecule has 0 aliphatic heterocycles. The molecule has 0 atom stereocenters. The first-order valence-electron chi connectivity index (χ1n) is 0. The van der Waals surface area contributed by atoms with Crippen LogP contribution < -0.4 is 96.2 Å². The molecule has 0 spiro atoms. The standard InChI is InChI=1S/2ClH.2H3N.2Na.2H2O.Pt/h2*1H;2*1H3;;;2*1H2;/q;;;;2*+1;;;+2/p-4. The van der Waals surface area contributed by atoms with Crippen LogP contribution in [0.4, 0.5) is 0 Å². The van der Waals surface area contributed by atoms with E-state index in [1.807, 2.05) is 0 Å². The maximum absolute atomic E-state index is 0. The summed E-state index contributed by atoms with van der Waals surface area (Å²) >= 11 is 0. The quantitative estimate of drug-likeness (QED) is 0.404. The zero-order valence-electron chi connectivity index (χ0n) is 5.38. The summed E-state index contributed by atoms with van der Waals surface area (Å²) in [5.74, 6) is 0. The Balaban J connectivity index is 0. The van der Waals surface area contributed by atoms with Crippen molar-refractivity contribution in [3.8, 4) is 0 Å². The Morgan fingerprint density at radius 3 is 0.556 bits per heavy atom. The topological polar surface area (TPSA) is 130 Å². The van der Waals surface area contributed by atoms with Crippen LogP contribution in [0, 0.1) is 0 Å². The zero-order chi connectivity index (χ0) is 0. The molecule has 0 aliphatic carbocycles. The predicted octanol–water partition coefficient (Wildman–Crippen LogP) is -12.0. The molecule has 9 heteroatoms. The van der Waals surface area contributed by atoms with Gasteiger partial charge >= 0.3 is 80.2 Å². The largest absolute Gasteiger partial charge is 2.00 e. The van der Waals surface area contributed by atoms with Crippen molar-refractivity contribution in [2.45, 2.75) is 0 Å². The van der Waals surface area contributed by atoms with E-state index in [9.17, 15) is 0 Å². The normalized spacial score (nSPS) is 0. The molecular weight excluding hydrogens is 372 g/mol. The summed E-state index contributed by atoms with van der Waals surface area (Å²) in [5, 5.41) is 0. The fourth-order valence-electron chi connectivity index (χ4n) is 0. The van der Waals surface area contributed by atoms with Crippen LogP contribution in [0.1, 0.15) is 0 Å². The smallest absolute Gasteiger partial charge is 1.00 e. The first-order chi connectivity index (χ1) is 0. The van der Waals surface area contributed by atoms with Gasteiger partial charge in [-0.05, 0) is 0 Å². The Kier molecular flexibility index (Phi) is 2020. The average molecular weight is 380 g/mol.